The van der Waals surface area contributed by atoms with Crippen molar-refractivity contribution in [2.45, 2.75) is 31.3 Å². The zero-order valence-corrected chi connectivity index (χ0v) is 16.0. The van der Waals surface area contributed by atoms with Crippen molar-refractivity contribution in [1.82, 2.24) is 14.7 Å². The molecule has 26 heavy (non-hydrogen) atoms. The van der Waals surface area contributed by atoms with Crippen LogP contribution in [0.5, 0.6) is 0 Å². The van der Waals surface area contributed by atoms with E-state index in [1.807, 2.05) is 23.1 Å². The molecule has 0 bridgehead atoms. The summed E-state index contributed by atoms with van der Waals surface area (Å²) in [7, 11) is 3.55. The molecule has 1 atom stereocenters. The van der Waals surface area contributed by atoms with Crippen LogP contribution in [0.15, 0.2) is 30.3 Å². The number of piperidine rings is 1. The summed E-state index contributed by atoms with van der Waals surface area (Å²) in [5, 5.41) is 0. The van der Waals surface area contributed by atoms with Crippen molar-refractivity contribution in [3.63, 3.8) is 0 Å². The zero-order valence-electron chi connectivity index (χ0n) is 16.0. The van der Waals surface area contributed by atoms with Crippen LogP contribution < -0.4 is 0 Å². The third-order valence-corrected chi connectivity index (χ3v) is 5.53. The molecule has 3 rings (SSSR count). The summed E-state index contributed by atoms with van der Waals surface area (Å²) in [5.74, 6) is 0.388. The Labute approximate surface area is 155 Å². The lowest BCUT2D eigenvalue weighted by atomic mass is 9.91. The van der Waals surface area contributed by atoms with Crippen molar-refractivity contribution in [3.05, 3.63) is 35.9 Å². The first-order valence-electron chi connectivity index (χ1n) is 9.34. The van der Waals surface area contributed by atoms with Gasteiger partial charge in [-0.05, 0) is 11.5 Å². The number of amides is 2. The Morgan fingerprint density at radius 2 is 1.88 bits per heavy atom. The Balaban J connectivity index is 1.54. The van der Waals surface area contributed by atoms with Crippen LogP contribution in [0.25, 0.3) is 0 Å². The summed E-state index contributed by atoms with van der Waals surface area (Å²) in [6, 6.07) is 10.3. The number of nitrogens with zero attached hydrogens (tertiary/aromatic N) is 3. The molecule has 1 aromatic carbocycles. The van der Waals surface area contributed by atoms with Crippen molar-refractivity contribution in [2.75, 3.05) is 46.8 Å². The molecule has 142 valence electrons. The molecule has 2 amide bonds. The van der Waals surface area contributed by atoms with Gasteiger partial charge < -0.3 is 14.5 Å². The molecule has 2 saturated heterocycles. The smallest absolute Gasteiger partial charge is 0.410 e. The van der Waals surface area contributed by atoms with Gasteiger partial charge in [-0.25, -0.2) is 4.79 Å². The quantitative estimate of drug-likeness (QED) is 0.808. The van der Waals surface area contributed by atoms with Crippen LogP contribution in [0.4, 0.5) is 4.79 Å². The van der Waals surface area contributed by atoms with Crippen LogP contribution in [0, 0.1) is 0 Å². The molecule has 0 unspecified atom stereocenters. The van der Waals surface area contributed by atoms with E-state index in [9.17, 15) is 9.59 Å². The highest BCUT2D eigenvalue weighted by molar-refractivity contribution is 5.77. The fourth-order valence-electron chi connectivity index (χ4n) is 3.76. The number of carbonyl (C=O) groups is 2. The lowest BCUT2D eigenvalue weighted by Crippen LogP contribution is -2.49. The molecule has 0 aromatic heterocycles. The molecule has 2 heterocycles. The van der Waals surface area contributed by atoms with E-state index in [4.69, 9.17) is 4.74 Å². The third-order valence-electron chi connectivity index (χ3n) is 5.53. The Hall–Kier alpha value is -2.08. The van der Waals surface area contributed by atoms with Gasteiger partial charge in [0.1, 0.15) is 5.60 Å². The molecule has 2 aliphatic rings. The number of rotatable bonds is 5. The van der Waals surface area contributed by atoms with Gasteiger partial charge in [-0.1, -0.05) is 37.3 Å². The van der Waals surface area contributed by atoms with Crippen LogP contribution in [-0.4, -0.2) is 79.1 Å². The Morgan fingerprint density at radius 1 is 1.23 bits per heavy atom. The van der Waals surface area contributed by atoms with Crippen LogP contribution in [-0.2, 0) is 9.53 Å². The molecular weight excluding hydrogens is 330 g/mol. The van der Waals surface area contributed by atoms with Crippen LogP contribution in [0.1, 0.15) is 31.2 Å². The van der Waals surface area contributed by atoms with E-state index >= 15 is 0 Å². The van der Waals surface area contributed by atoms with E-state index in [1.54, 1.807) is 19.0 Å². The number of benzene rings is 1. The van der Waals surface area contributed by atoms with Crippen molar-refractivity contribution in [2.24, 2.45) is 0 Å². The van der Waals surface area contributed by atoms with Crippen molar-refractivity contribution in [1.29, 1.82) is 0 Å². The van der Waals surface area contributed by atoms with E-state index in [-0.39, 0.29) is 23.5 Å². The van der Waals surface area contributed by atoms with Crippen molar-refractivity contribution >= 4 is 12.0 Å². The average Bonchev–Trinajstić information content (AvgIpc) is 2.93. The fourth-order valence-corrected chi connectivity index (χ4v) is 3.76. The minimum Gasteiger partial charge on any atom is -0.441 e. The highest BCUT2D eigenvalue weighted by atomic mass is 16.6. The number of likely N-dealkylation sites (N-methyl/N-ethyl adjacent to an activating group) is 1. The molecule has 2 fully saturated rings. The second-order valence-corrected chi connectivity index (χ2v) is 7.81. The van der Waals surface area contributed by atoms with E-state index in [2.05, 4.69) is 24.0 Å². The zero-order chi connectivity index (χ0) is 18.7. The maximum absolute atomic E-state index is 12.4. The lowest BCUT2D eigenvalue weighted by Gasteiger charge is -2.37. The van der Waals surface area contributed by atoms with E-state index < -0.39 is 0 Å². The number of likely N-dealkylation sites (tertiary alicyclic amines) is 1. The van der Waals surface area contributed by atoms with Crippen LogP contribution in [0.2, 0.25) is 0 Å². The van der Waals surface area contributed by atoms with Gasteiger partial charge >= 0.3 is 6.09 Å². The Morgan fingerprint density at radius 3 is 2.50 bits per heavy atom. The largest absolute Gasteiger partial charge is 0.441 e. The number of hydrogen-bond donors (Lipinski definition) is 0. The van der Waals surface area contributed by atoms with E-state index in [1.165, 1.54) is 5.56 Å². The van der Waals surface area contributed by atoms with Gasteiger partial charge in [-0.15, -0.1) is 0 Å². The summed E-state index contributed by atoms with van der Waals surface area (Å²) < 4.78 is 5.80. The number of hydrogen-bond acceptors (Lipinski definition) is 4. The SMILES string of the molecule is C[C@@H](CN1CC2(CCN(CC(=O)N(C)C)CC2)OC1=O)c1ccccc1. The highest BCUT2D eigenvalue weighted by Gasteiger charge is 2.47. The van der Waals surface area contributed by atoms with Crippen molar-refractivity contribution in [3.8, 4) is 0 Å². The Bertz CT molecular complexity index is 639. The molecule has 0 saturated carbocycles. The molecule has 1 spiro atoms. The van der Waals surface area contributed by atoms with Gasteiger partial charge in [0.05, 0.1) is 13.1 Å². The normalized spacial score (nSPS) is 20.9. The van der Waals surface area contributed by atoms with Gasteiger partial charge in [0.25, 0.3) is 0 Å². The standard InChI is InChI=1S/C20H29N3O3/c1-16(17-7-5-4-6-8-17)13-23-15-20(26-19(23)25)9-11-22(12-10-20)14-18(24)21(2)3/h4-8,16H,9-15H2,1-3H3/t16-/m0/s1. The van der Waals surface area contributed by atoms with Gasteiger partial charge in [-0.2, -0.15) is 0 Å². The maximum atomic E-state index is 12.4. The maximum Gasteiger partial charge on any atom is 0.410 e. The molecule has 2 aliphatic heterocycles. The summed E-state index contributed by atoms with van der Waals surface area (Å²) in [6.07, 6.45) is 1.37. The van der Waals surface area contributed by atoms with Crippen LogP contribution >= 0.6 is 0 Å². The van der Waals surface area contributed by atoms with E-state index in [0.29, 0.717) is 19.6 Å². The molecule has 6 nitrogen and oxygen atoms in total. The fraction of sp³-hybridized carbons (Fsp3) is 0.600. The first kappa shape index (κ1) is 18.7. The molecule has 6 heteroatoms. The number of carbonyl (C=O) groups excluding carboxylic acids is 2. The minimum atomic E-state index is -0.384. The van der Waals surface area contributed by atoms with Gasteiger partial charge in [0.2, 0.25) is 5.91 Å². The minimum absolute atomic E-state index is 0.114. The molecular formula is C20H29N3O3. The molecule has 0 aliphatic carbocycles. The number of ether oxygens (including phenoxy) is 1. The lowest BCUT2D eigenvalue weighted by molar-refractivity contribution is -0.130. The average molecular weight is 359 g/mol. The monoisotopic (exact) mass is 359 g/mol. The summed E-state index contributed by atoms with van der Waals surface area (Å²) in [4.78, 5) is 29.9. The van der Waals surface area contributed by atoms with Gasteiger partial charge in [-0.3, -0.25) is 9.69 Å². The highest BCUT2D eigenvalue weighted by Crippen LogP contribution is 2.34. The molecule has 0 N–H and O–H groups in total. The predicted molar refractivity (Wildman–Crippen MR) is 100 cm³/mol. The third kappa shape index (κ3) is 4.18. The first-order chi connectivity index (χ1) is 12.4. The van der Waals surface area contributed by atoms with Gasteiger partial charge in [0, 0.05) is 46.6 Å². The summed E-state index contributed by atoms with van der Waals surface area (Å²) in [5.41, 5.74) is 0.851. The van der Waals surface area contributed by atoms with Crippen LogP contribution in [0.3, 0.4) is 0 Å². The first-order valence-corrected chi connectivity index (χ1v) is 9.34. The van der Waals surface area contributed by atoms with Gasteiger partial charge in [0.15, 0.2) is 0 Å². The molecule has 0 radical (unpaired) electrons. The second kappa shape index (κ2) is 7.66. The Kier molecular flexibility index (Phi) is 5.51. The second-order valence-electron chi connectivity index (χ2n) is 7.81. The van der Waals surface area contributed by atoms with E-state index in [0.717, 1.165) is 25.9 Å². The summed E-state index contributed by atoms with van der Waals surface area (Å²) in [6.45, 7) is 5.48. The molecule has 1 aromatic rings. The summed E-state index contributed by atoms with van der Waals surface area (Å²) >= 11 is 0. The predicted octanol–water partition coefficient (Wildman–Crippen LogP) is 2.17. The topological polar surface area (TPSA) is 53.1 Å². The van der Waals surface area contributed by atoms with Crippen molar-refractivity contribution < 1.29 is 14.3 Å².